The minimum Gasteiger partial charge on any atom is -0.409 e. The van der Waals surface area contributed by atoms with Crippen molar-refractivity contribution in [3.05, 3.63) is 29.8 Å². The molecule has 2 amide bonds. The molecule has 6 heteroatoms. The van der Waals surface area contributed by atoms with Gasteiger partial charge < -0.3 is 21.6 Å². The number of nitrogens with zero attached hydrogens (tertiary/aromatic N) is 1. The zero-order valence-corrected chi connectivity index (χ0v) is 11.3. The SMILES string of the molecule is N/C(Cc1ccc(NC(=O)NC2CCCC2)cc1)=N/O. The van der Waals surface area contributed by atoms with Gasteiger partial charge in [0, 0.05) is 18.2 Å². The summed E-state index contributed by atoms with van der Waals surface area (Å²) in [5.41, 5.74) is 7.08. The van der Waals surface area contributed by atoms with Crippen LogP contribution >= 0.6 is 0 Å². The molecule has 0 aliphatic heterocycles. The summed E-state index contributed by atoms with van der Waals surface area (Å²) in [5.74, 6) is 0.157. The van der Waals surface area contributed by atoms with Crippen molar-refractivity contribution in [2.24, 2.45) is 10.9 Å². The quantitative estimate of drug-likeness (QED) is 0.293. The summed E-state index contributed by atoms with van der Waals surface area (Å²) < 4.78 is 0. The Bertz CT molecular complexity index is 478. The van der Waals surface area contributed by atoms with Crippen LogP contribution < -0.4 is 16.4 Å². The molecule has 1 aliphatic carbocycles. The largest absolute Gasteiger partial charge is 0.409 e. The molecule has 0 unspecified atom stereocenters. The smallest absolute Gasteiger partial charge is 0.319 e. The van der Waals surface area contributed by atoms with Crippen LogP contribution in [0.5, 0.6) is 0 Å². The summed E-state index contributed by atoms with van der Waals surface area (Å²) in [6, 6.07) is 7.41. The van der Waals surface area contributed by atoms with E-state index in [2.05, 4.69) is 15.8 Å². The lowest BCUT2D eigenvalue weighted by Crippen LogP contribution is -2.36. The summed E-state index contributed by atoms with van der Waals surface area (Å²) >= 11 is 0. The molecule has 0 heterocycles. The molecule has 2 rings (SSSR count). The molecule has 1 saturated carbocycles. The van der Waals surface area contributed by atoms with Gasteiger partial charge in [-0.25, -0.2) is 4.79 Å². The van der Waals surface area contributed by atoms with Gasteiger partial charge in [-0.15, -0.1) is 0 Å². The van der Waals surface area contributed by atoms with Crippen molar-refractivity contribution < 1.29 is 10.0 Å². The first-order valence-corrected chi connectivity index (χ1v) is 6.80. The molecule has 1 fully saturated rings. The molecule has 108 valence electrons. The van der Waals surface area contributed by atoms with Crippen molar-refractivity contribution in [2.75, 3.05) is 5.32 Å². The zero-order valence-electron chi connectivity index (χ0n) is 11.3. The maximum atomic E-state index is 11.8. The highest BCUT2D eigenvalue weighted by Gasteiger charge is 2.16. The number of carbonyl (C=O) groups is 1. The fourth-order valence-corrected chi connectivity index (χ4v) is 2.37. The summed E-state index contributed by atoms with van der Waals surface area (Å²) in [6.07, 6.45) is 4.88. The van der Waals surface area contributed by atoms with Crippen LogP contribution in [0.25, 0.3) is 0 Å². The Kier molecular flexibility index (Phi) is 4.81. The van der Waals surface area contributed by atoms with Crippen molar-refractivity contribution in [1.82, 2.24) is 5.32 Å². The average molecular weight is 276 g/mol. The molecular weight excluding hydrogens is 256 g/mol. The lowest BCUT2D eigenvalue weighted by molar-refractivity contribution is 0.248. The number of amidine groups is 1. The fraction of sp³-hybridized carbons (Fsp3) is 0.429. The summed E-state index contributed by atoms with van der Waals surface area (Å²) in [7, 11) is 0. The standard InChI is InChI=1S/C14H20N4O2/c15-13(18-20)9-10-5-7-12(8-6-10)17-14(19)16-11-3-1-2-4-11/h5-8,11,20H,1-4,9H2,(H2,15,18)(H2,16,17,19). The third-order valence-corrected chi connectivity index (χ3v) is 3.42. The monoisotopic (exact) mass is 276 g/mol. The van der Waals surface area contributed by atoms with Crippen LogP contribution in [0.1, 0.15) is 31.2 Å². The number of nitrogens with two attached hydrogens (primary N) is 1. The van der Waals surface area contributed by atoms with Crippen LogP contribution in [-0.4, -0.2) is 23.1 Å². The molecule has 20 heavy (non-hydrogen) atoms. The van der Waals surface area contributed by atoms with Crippen molar-refractivity contribution in [3.8, 4) is 0 Å². The van der Waals surface area contributed by atoms with Gasteiger partial charge in [-0.3, -0.25) is 0 Å². The normalized spacial score (nSPS) is 16.1. The van der Waals surface area contributed by atoms with E-state index in [1.165, 1.54) is 12.8 Å². The molecule has 6 nitrogen and oxygen atoms in total. The zero-order chi connectivity index (χ0) is 14.4. The highest BCUT2D eigenvalue weighted by atomic mass is 16.4. The number of carbonyl (C=O) groups excluding carboxylic acids is 1. The molecule has 5 N–H and O–H groups in total. The first-order chi connectivity index (χ1) is 9.67. The van der Waals surface area contributed by atoms with Crippen LogP contribution in [0.2, 0.25) is 0 Å². The van der Waals surface area contributed by atoms with E-state index in [-0.39, 0.29) is 11.9 Å². The lowest BCUT2D eigenvalue weighted by Gasteiger charge is -2.13. The number of oxime groups is 1. The predicted octanol–water partition coefficient (Wildman–Crippen LogP) is 2.04. The highest BCUT2D eigenvalue weighted by molar-refractivity contribution is 5.89. The highest BCUT2D eigenvalue weighted by Crippen LogP contribution is 2.18. The van der Waals surface area contributed by atoms with E-state index in [0.717, 1.165) is 24.1 Å². The Morgan fingerprint density at radius 3 is 2.55 bits per heavy atom. The second-order valence-electron chi connectivity index (χ2n) is 5.04. The first-order valence-electron chi connectivity index (χ1n) is 6.80. The Morgan fingerprint density at radius 1 is 1.30 bits per heavy atom. The van der Waals surface area contributed by atoms with Gasteiger partial charge in [-0.2, -0.15) is 0 Å². The van der Waals surface area contributed by atoms with E-state index in [1.54, 1.807) is 12.1 Å². The second-order valence-corrected chi connectivity index (χ2v) is 5.04. The number of benzene rings is 1. The molecule has 1 aliphatic rings. The molecule has 0 spiro atoms. The Morgan fingerprint density at radius 2 is 1.95 bits per heavy atom. The van der Waals surface area contributed by atoms with Crippen LogP contribution in [0, 0.1) is 0 Å². The second kappa shape index (κ2) is 6.79. The third kappa shape index (κ3) is 4.15. The van der Waals surface area contributed by atoms with Crippen LogP contribution in [0.4, 0.5) is 10.5 Å². The van der Waals surface area contributed by atoms with Gasteiger partial charge in [-0.1, -0.05) is 30.1 Å². The maximum absolute atomic E-state index is 11.8. The molecule has 0 saturated heterocycles. The Hall–Kier alpha value is -2.24. The van der Waals surface area contributed by atoms with Crippen molar-refractivity contribution in [1.29, 1.82) is 0 Å². The van der Waals surface area contributed by atoms with E-state index >= 15 is 0 Å². The summed E-state index contributed by atoms with van der Waals surface area (Å²) in [6.45, 7) is 0. The Balaban J connectivity index is 1.85. The van der Waals surface area contributed by atoms with Gasteiger partial charge in [0.05, 0.1) is 0 Å². The lowest BCUT2D eigenvalue weighted by atomic mass is 10.1. The molecule has 0 radical (unpaired) electrons. The maximum Gasteiger partial charge on any atom is 0.319 e. The number of rotatable bonds is 4. The van der Waals surface area contributed by atoms with E-state index in [0.29, 0.717) is 12.5 Å². The summed E-state index contributed by atoms with van der Waals surface area (Å²) in [5, 5.41) is 17.2. The van der Waals surface area contributed by atoms with Gasteiger partial charge >= 0.3 is 6.03 Å². The third-order valence-electron chi connectivity index (χ3n) is 3.42. The number of nitrogens with one attached hydrogen (secondary N) is 2. The average Bonchev–Trinajstić information content (AvgIpc) is 2.93. The van der Waals surface area contributed by atoms with E-state index in [4.69, 9.17) is 10.9 Å². The van der Waals surface area contributed by atoms with Crippen LogP contribution in [-0.2, 0) is 6.42 Å². The number of anilines is 1. The van der Waals surface area contributed by atoms with Crippen LogP contribution in [0.3, 0.4) is 0 Å². The van der Waals surface area contributed by atoms with Gasteiger partial charge in [0.25, 0.3) is 0 Å². The van der Waals surface area contributed by atoms with E-state index < -0.39 is 0 Å². The topological polar surface area (TPSA) is 99.7 Å². The molecule has 1 aromatic rings. The number of amides is 2. The molecule has 1 aromatic carbocycles. The molecular formula is C14H20N4O2. The van der Waals surface area contributed by atoms with Gasteiger partial charge in [0.1, 0.15) is 5.84 Å². The van der Waals surface area contributed by atoms with Crippen molar-refractivity contribution >= 4 is 17.6 Å². The van der Waals surface area contributed by atoms with Crippen molar-refractivity contribution in [3.63, 3.8) is 0 Å². The molecule has 0 aromatic heterocycles. The minimum absolute atomic E-state index is 0.157. The van der Waals surface area contributed by atoms with Gasteiger partial charge in [0.2, 0.25) is 0 Å². The predicted molar refractivity (Wildman–Crippen MR) is 78.0 cm³/mol. The summed E-state index contributed by atoms with van der Waals surface area (Å²) in [4.78, 5) is 11.8. The Labute approximate surface area is 118 Å². The van der Waals surface area contributed by atoms with E-state index in [1.807, 2.05) is 12.1 Å². The van der Waals surface area contributed by atoms with Gasteiger partial charge in [0.15, 0.2) is 0 Å². The first kappa shape index (κ1) is 14.2. The minimum atomic E-state index is -0.166. The van der Waals surface area contributed by atoms with Crippen molar-refractivity contribution in [2.45, 2.75) is 38.1 Å². The van der Waals surface area contributed by atoms with Gasteiger partial charge in [-0.05, 0) is 30.5 Å². The van der Waals surface area contributed by atoms with E-state index in [9.17, 15) is 4.79 Å². The number of hydrogen-bond acceptors (Lipinski definition) is 3. The fourth-order valence-electron chi connectivity index (χ4n) is 2.37. The molecule has 0 atom stereocenters. The molecule has 0 bridgehead atoms. The number of urea groups is 1. The van der Waals surface area contributed by atoms with Crippen LogP contribution in [0.15, 0.2) is 29.4 Å². The number of hydrogen-bond donors (Lipinski definition) is 4.